The number of anilines is 1. The number of hydrogen-bond donors (Lipinski definition) is 3. The normalized spacial score (nSPS) is 13.2. The standard InChI is InChI=1S/C17H19FN2O4/c1-10-6-12(18)8-13(7-10)20-16(22)15(21)19-9-17(3,23)14-5-4-11(2)24-14/h4-8,23H,9H2,1-3H3,(H,19,21)(H,20,22). The molecule has 3 N–H and O–H groups in total. The number of aryl methyl sites for hydroxylation is 2. The highest BCUT2D eigenvalue weighted by atomic mass is 19.1. The fourth-order valence-electron chi connectivity index (χ4n) is 2.14. The number of benzene rings is 1. The van der Waals surface area contributed by atoms with Gasteiger partial charge in [0.2, 0.25) is 0 Å². The lowest BCUT2D eigenvalue weighted by atomic mass is 10.0. The predicted octanol–water partition coefficient (Wildman–Crippen LogP) is 2.00. The van der Waals surface area contributed by atoms with E-state index in [1.54, 1.807) is 26.0 Å². The number of amides is 2. The van der Waals surface area contributed by atoms with Crippen LogP contribution < -0.4 is 10.6 Å². The average molecular weight is 334 g/mol. The Kier molecular flexibility index (Phi) is 5.04. The van der Waals surface area contributed by atoms with Gasteiger partial charge in [0, 0.05) is 5.69 Å². The van der Waals surface area contributed by atoms with Crippen LogP contribution in [0.15, 0.2) is 34.7 Å². The Labute approximate surface area is 138 Å². The first-order chi connectivity index (χ1) is 11.2. The molecule has 128 valence electrons. The van der Waals surface area contributed by atoms with Gasteiger partial charge in [-0.05, 0) is 56.7 Å². The molecule has 2 rings (SSSR count). The van der Waals surface area contributed by atoms with Crippen LogP contribution in [-0.2, 0) is 15.2 Å². The molecule has 0 bridgehead atoms. The van der Waals surface area contributed by atoms with E-state index in [1.165, 1.54) is 19.1 Å². The fraction of sp³-hybridized carbons (Fsp3) is 0.294. The van der Waals surface area contributed by atoms with Crippen LogP contribution in [0, 0.1) is 19.7 Å². The van der Waals surface area contributed by atoms with Crippen LogP contribution in [0.3, 0.4) is 0 Å². The summed E-state index contributed by atoms with van der Waals surface area (Å²) < 4.78 is 18.6. The lowest BCUT2D eigenvalue weighted by Gasteiger charge is -2.21. The van der Waals surface area contributed by atoms with Crippen LogP contribution in [0.5, 0.6) is 0 Å². The molecule has 0 saturated carbocycles. The zero-order valence-corrected chi connectivity index (χ0v) is 13.6. The molecule has 1 heterocycles. The smallest absolute Gasteiger partial charge is 0.313 e. The van der Waals surface area contributed by atoms with E-state index in [4.69, 9.17) is 4.42 Å². The molecule has 0 spiro atoms. The molecule has 7 heteroatoms. The Balaban J connectivity index is 1.95. The third-order valence-electron chi connectivity index (χ3n) is 3.37. The zero-order valence-electron chi connectivity index (χ0n) is 13.6. The maximum Gasteiger partial charge on any atom is 0.313 e. The lowest BCUT2D eigenvalue weighted by molar-refractivity contribution is -0.136. The Morgan fingerprint density at radius 2 is 1.92 bits per heavy atom. The van der Waals surface area contributed by atoms with Crippen LogP contribution in [0.2, 0.25) is 0 Å². The first kappa shape index (κ1) is 17.7. The highest BCUT2D eigenvalue weighted by molar-refractivity contribution is 6.39. The minimum atomic E-state index is -1.46. The van der Waals surface area contributed by atoms with Crippen molar-refractivity contribution in [3.8, 4) is 0 Å². The van der Waals surface area contributed by atoms with E-state index in [-0.39, 0.29) is 18.0 Å². The summed E-state index contributed by atoms with van der Waals surface area (Å²) in [5.41, 5.74) is -0.664. The number of aliphatic hydroxyl groups is 1. The number of hydrogen-bond acceptors (Lipinski definition) is 4. The van der Waals surface area contributed by atoms with Crippen LogP contribution in [0.1, 0.15) is 24.0 Å². The minimum absolute atomic E-state index is 0.182. The average Bonchev–Trinajstić information content (AvgIpc) is 2.91. The molecule has 0 aliphatic heterocycles. The van der Waals surface area contributed by atoms with E-state index in [0.29, 0.717) is 11.3 Å². The summed E-state index contributed by atoms with van der Waals surface area (Å²) in [6.07, 6.45) is 0. The molecular weight excluding hydrogens is 315 g/mol. The first-order valence-corrected chi connectivity index (χ1v) is 7.33. The molecule has 2 amide bonds. The van der Waals surface area contributed by atoms with Crippen molar-refractivity contribution >= 4 is 17.5 Å². The van der Waals surface area contributed by atoms with Crippen molar-refractivity contribution in [2.24, 2.45) is 0 Å². The van der Waals surface area contributed by atoms with Gasteiger partial charge in [-0.25, -0.2) is 4.39 Å². The Hall–Kier alpha value is -2.67. The van der Waals surface area contributed by atoms with Gasteiger partial charge in [-0.15, -0.1) is 0 Å². The third-order valence-corrected chi connectivity index (χ3v) is 3.37. The maximum absolute atomic E-state index is 13.3. The van der Waals surface area contributed by atoms with Crippen LogP contribution in [-0.4, -0.2) is 23.5 Å². The number of furan rings is 1. The molecule has 2 aromatic rings. The Morgan fingerprint density at radius 1 is 1.21 bits per heavy atom. The molecule has 24 heavy (non-hydrogen) atoms. The molecule has 0 aliphatic carbocycles. The summed E-state index contributed by atoms with van der Waals surface area (Å²) in [4.78, 5) is 23.7. The van der Waals surface area contributed by atoms with Gasteiger partial charge in [0.15, 0.2) is 0 Å². The van der Waals surface area contributed by atoms with Gasteiger partial charge in [0.05, 0.1) is 6.54 Å². The van der Waals surface area contributed by atoms with Crippen molar-refractivity contribution in [1.82, 2.24) is 5.32 Å². The number of rotatable bonds is 4. The minimum Gasteiger partial charge on any atom is -0.463 e. The summed E-state index contributed by atoms with van der Waals surface area (Å²) in [6.45, 7) is 4.64. The van der Waals surface area contributed by atoms with Crippen molar-refractivity contribution in [1.29, 1.82) is 0 Å². The molecule has 1 aromatic heterocycles. The zero-order chi connectivity index (χ0) is 17.9. The van der Waals surface area contributed by atoms with Crippen molar-refractivity contribution in [3.63, 3.8) is 0 Å². The Bertz CT molecular complexity index is 747. The van der Waals surface area contributed by atoms with E-state index in [2.05, 4.69) is 10.6 Å². The quantitative estimate of drug-likeness (QED) is 0.746. The van der Waals surface area contributed by atoms with Gasteiger partial charge in [-0.1, -0.05) is 0 Å². The molecule has 0 aliphatic rings. The monoisotopic (exact) mass is 334 g/mol. The molecule has 0 fully saturated rings. The van der Waals surface area contributed by atoms with E-state index in [9.17, 15) is 19.1 Å². The molecular formula is C17H19FN2O4. The molecule has 1 unspecified atom stereocenters. The second-order valence-corrected chi connectivity index (χ2v) is 5.84. The van der Waals surface area contributed by atoms with Crippen molar-refractivity contribution in [2.45, 2.75) is 26.4 Å². The first-order valence-electron chi connectivity index (χ1n) is 7.33. The van der Waals surface area contributed by atoms with Gasteiger partial charge in [-0.3, -0.25) is 9.59 Å². The van der Waals surface area contributed by atoms with Crippen molar-refractivity contribution in [2.75, 3.05) is 11.9 Å². The van der Waals surface area contributed by atoms with Crippen molar-refractivity contribution in [3.05, 3.63) is 53.2 Å². The number of carbonyl (C=O) groups is 2. The van der Waals surface area contributed by atoms with E-state index in [1.807, 2.05) is 0 Å². The second kappa shape index (κ2) is 6.84. The van der Waals surface area contributed by atoms with Gasteiger partial charge in [0.25, 0.3) is 0 Å². The Morgan fingerprint density at radius 3 is 2.50 bits per heavy atom. The fourth-order valence-corrected chi connectivity index (χ4v) is 2.14. The molecule has 0 radical (unpaired) electrons. The third kappa shape index (κ3) is 4.42. The highest BCUT2D eigenvalue weighted by Gasteiger charge is 2.28. The summed E-state index contributed by atoms with van der Waals surface area (Å²) in [6, 6.07) is 7.23. The lowest BCUT2D eigenvalue weighted by Crippen LogP contribution is -2.43. The van der Waals surface area contributed by atoms with Gasteiger partial charge < -0.3 is 20.2 Å². The largest absolute Gasteiger partial charge is 0.463 e. The summed E-state index contributed by atoms with van der Waals surface area (Å²) >= 11 is 0. The van der Waals surface area contributed by atoms with Crippen LogP contribution in [0.4, 0.5) is 10.1 Å². The topological polar surface area (TPSA) is 91.6 Å². The summed E-state index contributed by atoms with van der Waals surface area (Å²) in [5.74, 6) is -1.51. The highest BCUT2D eigenvalue weighted by Crippen LogP contribution is 2.21. The molecule has 0 saturated heterocycles. The van der Waals surface area contributed by atoms with Crippen molar-refractivity contribution < 1.29 is 23.5 Å². The van der Waals surface area contributed by atoms with Gasteiger partial charge in [-0.2, -0.15) is 0 Å². The number of nitrogens with one attached hydrogen (secondary N) is 2. The van der Waals surface area contributed by atoms with E-state index >= 15 is 0 Å². The molecule has 1 atom stereocenters. The van der Waals surface area contributed by atoms with Crippen LogP contribution in [0.25, 0.3) is 0 Å². The number of carbonyl (C=O) groups excluding carboxylic acids is 2. The summed E-state index contributed by atoms with van der Waals surface area (Å²) in [5, 5.41) is 14.9. The van der Waals surface area contributed by atoms with Gasteiger partial charge >= 0.3 is 11.8 Å². The van der Waals surface area contributed by atoms with E-state index < -0.39 is 23.2 Å². The second-order valence-electron chi connectivity index (χ2n) is 5.84. The summed E-state index contributed by atoms with van der Waals surface area (Å²) in [7, 11) is 0. The van der Waals surface area contributed by atoms with Gasteiger partial charge in [0.1, 0.15) is 22.9 Å². The molecule has 6 nitrogen and oxygen atoms in total. The van der Waals surface area contributed by atoms with E-state index in [0.717, 1.165) is 6.07 Å². The molecule has 1 aromatic carbocycles. The van der Waals surface area contributed by atoms with Crippen LogP contribution >= 0.6 is 0 Å². The maximum atomic E-state index is 13.3. The number of halogens is 1. The SMILES string of the molecule is Cc1cc(F)cc(NC(=O)C(=O)NCC(C)(O)c2ccc(C)o2)c1. The predicted molar refractivity (Wildman–Crippen MR) is 85.8 cm³/mol.